The molecule has 1 aromatic carbocycles. The molecular weight excluding hydrogens is 529 g/mol. The molecule has 1 aromatic heterocycles. The molecule has 1 aliphatic heterocycles. The minimum absolute atomic E-state index is 0.0788. The molecule has 1 amide bonds. The molecule has 1 N–H and O–H groups in total. The second-order valence-corrected chi connectivity index (χ2v) is 10.7. The molecule has 2 heterocycles. The van der Waals surface area contributed by atoms with Crippen molar-refractivity contribution in [3.63, 3.8) is 0 Å². The summed E-state index contributed by atoms with van der Waals surface area (Å²) in [5.74, 6) is 3.34. The summed E-state index contributed by atoms with van der Waals surface area (Å²) < 4.78 is 56.3. The molecule has 1 aliphatic rings. The highest BCUT2D eigenvalue weighted by Crippen LogP contribution is 2.49. The largest absolute Gasteiger partial charge is 0.480 e. The number of benzene rings is 1. The Morgan fingerprint density at radius 1 is 1.15 bits per heavy atom. The van der Waals surface area contributed by atoms with Crippen LogP contribution in [0.1, 0.15) is 57.4 Å². The number of nitrogens with zero attached hydrogens (tertiary/aromatic N) is 2. The zero-order valence-corrected chi connectivity index (χ0v) is 23.2. The Bertz CT molecular complexity index is 1260. The van der Waals surface area contributed by atoms with Crippen LogP contribution in [0.15, 0.2) is 42.6 Å². The van der Waals surface area contributed by atoms with Crippen LogP contribution in [0.5, 0.6) is 5.88 Å². The fourth-order valence-corrected chi connectivity index (χ4v) is 4.93. The van der Waals surface area contributed by atoms with E-state index in [0.29, 0.717) is 11.8 Å². The van der Waals surface area contributed by atoms with Gasteiger partial charge in [-0.15, -0.1) is 0 Å². The number of methoxy groups -OCH3 is 1. The van der Waals surface area contributed by atoms with Crippen LogP contribution in [0.2, 0.25) is 0 Å². The molecule has 8 nitrogen and oxygen atoms in total. The second kappa shape index (κ2) is 12.2. The number of rotatable bonds is 6. The average Bonchev–Trinajstić information content (AvgIpc) is 3.22. The van der Waals surface area contributed by atoms with Gasteiger partial charge in [0.15, 0.2) is 0 Å². The Balaban J connectivity index is 2.04. The van der Waals surface area contributed by atoms with E-state index in [0.717, 1.165) is 6.07 Å². The molecule has 4 atom stereocenters. The number of alkyl halides is 3. The van der Waals surface area contributed by atoms with Gasteiger partial charge in [0.25, 0.3) is 0 Å². The van der Waals surface area contributed by atoms with Gasteiger partial charge in [0.2, 0.25) is 5.88 Å². The highest BCUT2D eigenvalue weighted by Gasteiger charge is 2.59. The monoisotopic (exact) mass is 562 g/mol. The van der Waals surface area contributed by atoms with Crippen molar-refractivity contribution in [3.8, 4) is 17.7 Å². The molecule has 0 saturated carbocycles. The maximum Gasteiger partial charge on any atom is 0.417 e. The van der Waals surface area contributed by atoms with Crippen LogP contribution < -0.4 is 4.74 Å². The lowest BCUT2D eigenvalue weighted by Crippen LogP contribution is -2.47. The van der Waals surface area contributed by atoms with Gasteiger partial charge in [-0.2, -0.15) is 13.2 Å². The van der Waals surface area contributed by atoms with E-state index in [1.54, 1.807) is 44.2 Å². The molecule has 3 rings (SSSR count). The van der Waals surface area contributed by atoms with Gasteiger partial charge < -0.3 is 19.3 Å². The third-order valence-corrected chi connectivity index (χ3v) is 6.49. The van der Waals surface area contributed by atoms with E-state index in [-0.39, 0.29) is 18.1 Å². The van der Waals surface area contributed by atoms with Crippen molar-refractivity contribution in [1.29, 1.82) is 0 Å². The Morgan fingerprint density at radius 2 is 1.80 bits per heavy atom. The number of hydrogen-bond acceptors (Lipinski definition) is 6. The van der Waals surface area contributed by atoms with Crippen molar-refractivity contribution in [1.82, 2.24) is 9.88 Å². The maximum atomic E-state index is 13.3. The predicted octanol–water partition coefficient (Wildman–Crippen LogP) is 5.56. The van der Waals surface area contributed by atoms with Crippen molar-refractivity contribution in [3.05, 3.63) is 59.3 Å². The summed E-state index contributed by atoms with van der Waals surface area (Å²) in [6.07, 6.45) is -6.07. The van der Waals surface area contributed by atoms with Crippen LogP contribution in [0.4, 0.5) is 18.0 Å². The van der Waals surface area contributed by atoms with Gasteiger partial charge in [0.1, 0.15) is 12.6 Å². The number of carboxylic acid groups (broad SMARTS) is 1. The number of hydrogen-bond donors (Lipinski definition) is 1. The lowest BCUT2D eigenvalue weighted by atomic mass is 9.73. The van der Waals surface area contributed by atoms with E-state index in [1.165, 1.54) is 12.0 Å². The van der Waals surface area contributed by atoms with Gasteiger partial charge in [-0.3, -0.25) is 4.90 Å². The molecular formula is C29H33F3N2O6. The van der Waals surface area contributed by atoms with E-state index >= 15 is 0 Å². The van der Waals surface area contributed by atoms with E-state index in [9.17, 15) is 27.9 Å². The van der Waals surface area contributed by atoms with Crippen LogP contribution in [-0.4, -0.2) is 59.0 Å². The fraction of sp³-hybridized carbons (Fsp3) is 0.483. The number of carboxylic acids is 1. The zero-order chi connectivity index (χ0) is 29.8. The Hall–Kier alpha value is -3.78. The summed E-state index contributed by atoms with van der Waals surface area (Å²) in [4.78, 5) is 30.9. The molecule has 2 aromatic rings. The van der Waals surface area contributed by atoms with E-state index in [2.05, 4.69) is 16.8 Å². The van der Waals surface area contributed by atoms with Gasteiger partial charge in [0, 0.05) is 12.1 Å². The molecule has 1 saturated heterocycles. The van der Waals surface area contributed by atoms with Crippen molar-refractivity contribution >= 4 is 12.1 Å². The third kappa shape index (κ3) is 6.86. The van der Waals surface area contributed by atoms with Gasteiger partial charge >= 0.3 is 18.2 Å². The molecule has 0 aliphatic carbocycles. The fourth-order valence-electron chi connectivity index (χ4n) is 4.93. The van der Waals surface area contributed by atoms with Crippen LogP contribution in [0, 0.1) is 23.2 Å². The number of likely N-dealkylation sites (tertiary alicyclic amines) is 1. The van der Waals surface area contributed by atoms with Gasteiger partial charge in [-0.1, -0.05) is 62.9 Å². The van der Waals surface area contributed by atoms with Gasteiger partial charge in [-0.25, -0.2) is 14.6 Å². The summed E-state index contributed by atoms with van der Waals surface area (Å²) in [6, 6.07) is 7.60. The second-order valence-electron chi connectivity index (χ2n) is 10.7. The van der Waals surface area contributed by atoms with Crippen molar-refractivity contribution in [2.75, 3.05) is 13.7 Å². The highest BCUT2D eigenvalue weighted by atomic mass is 19.4. The van der Waals surface area contributed by atoms with Gasteiger partial charge in [-0.05, 0) is 30.9 Å². The molecule has 0 spiro atoms. The Labute approximate surface area is 231 Å². The molecule has 1 fully saturated rings. The van der Waals surface area contributed by atoms with E-state index in [1.807, 2.05) is 20.8 Å². The normalized spacial score (nSPS) is 21.1. The first kappa shape index (κ1) is 30.8. The summed E-state index contributed by atoms with van der Waals surface area (Å²) in [5.41, 5.74) is -1.06. The number of ether oxygens (including phenoxy) is 3. The van der Waals surface area contributed by atoms with Crippen molar-refractivity contribution in [2.45, 2.75) is 65.1 Å². The first-order chi connectivity index (χ1) is 18.7. The third-order valence-electron chi connectivity index (χ3n) is 6.49. The van der Waals surface area contributed by atoms with Crippen LogP contribution >= 0.6 is 0 Å². The topological polar surface area (TPSA) is 98.2 Å². The first-order valence-electron chi connectivity index (χ1n) is 12.6. The number of aromatic nitrogens is 1. The van der Waals surface area contributed by atoms with Crippen LogP contribution in [-0.2, 0) is 20.4 Å². The molecule has 0 unspecified atom stereocenters. The number of aliphatic carboxylic acids is 1. The van der Waals surface area contributed by atoms with Gasteiger partial charge in [0.05, 0.1) is 36.5 Å². The standard InChI is InChI=1S/C29H33F3N2O6/c1-17(2)40-27(37)34-22(18-11-8-7-9-12-18)24(21(28(3,4)5)23(34)26(35)36)39-14-10-13-19-15-20(29(30,31)32)16-33-25(19)38-6/h7-9,11-12,15-17,21-24H,14H2,1-6H3,(H,35,36)/t21-,22+,23+,24+/m1/s1. The lowest BCUT2D eigenvalue weighted by Gasteiger charge is -2.34. The van der Waals surface area contributed by atoms with Crippen molar-refractivity contribution < 1.29 is 42.1 Å². The highest BCUT2D eigenvalue weighted by molar-refractivity contribution is 5.82. The number of pyridine rings is 1. The molecule has 216 valence electrons. The molecule has 0 bridgehead atoms. The van der Waals surface area contributed by atoms with E-state index < -0.39 is 59.4 Å². The molecule has 11 heteroatoms. The Morgan fingerprint density at radius 3 is 2.33 bits per heavy atom. The van der Waals surface area contributed by atoms with E-state index in [4.69, 9.17) is 14.2 Å². The smallest absolute Gasteiger partial charge is 0.417 e. The number of carbonyl (C=O) groups is 2. The number of amides is 1. The number of carbonyl (C=O) groups excluding carboxylic acids is 1. The zero-order valence-electron chi connectivity index (χ0n) is 23.2. The number of halogens is 3. The lowest BCUT2D eigenvalue weighted by molar-refractivity contribution is -0.145. The predicted molar refractivity (Wildman–Crippen MR) is 139 cm³/mol. The summed E-state index contributed by atoms with van der Waals surface area (Å²) in [7, 11) is 1.27. The SMILES string of the molecule is COc1ncc(C(F)(F)F)cc1C#CCO[C@H]1[C@H](C(C)(C)C)[C@@H](C(=O)O)N(C(=O)OC(C)C)[C@H]1c1ccccc1. The summed E-state index contributed by atoms with van der Waals surface area (Å²) in [6.45, 7) is 8.64. The van der Waals surface area contributed by atoms with Crippen LogP contribution in [0.3, 0.4) is 0 Å². The minimum atomic E-state index is -4.61. The first-order valence-corrected chi connectivity index (χ1v) is 12.6. The summed E-state index contributed by atoms with van der Waals surface area (Å²) in [5, 5.41) is 10.3. The van der Waals surface area contributed by atoms with Crippen molar-refractivity contribution in [2.24, 2.45) is 11.3 Å². The maximum absolute atomic E-state index is 13.3. The minimum Gasteiger partial charge on any atom is -0.480 e. The molecule has 0 radical (unpaired) electrons. The average molecular weight is 563 g/mol. The summed E-state index contributed by atoms with van der Waals surface area (Å²) >= 11 is 0. The Kier molecular flexibility index (Phi) is 9.36. The molecule has 40 heavy (non-hydrogen) atoms. The van der Waals surface area contributed by atoms with Crippen LogP contribution in [0.25, 0.3) is 0 Å². The quantitative estimate of drug-likeness (QED) is 0.460.